The second-order valence-corrected chi connectivity index (χ2v) is 5.55. The molecule has 0 radical (unpaired) electrons. The van der Waals surface area contributed by atoms with Crippen LogP contribution in [0.2, 0.25) is 0 Å². The third-order valence-electron chi connectivity index (χ3n) is 3.29. The fourth-order valence-electron chi connectivity index (χ4n) is 2.61. The zero-order valence-corrected chi connectivity index (χ0v) is 10.6. The van der Waals surface area contributed by atoms with Crippen molar-refractivity contribution < 1.29 is 24.4 Å². The molecule has 0 aliphatic carbocycles. The number of rotatable bonds is 3. The Bertz CT molecular complexity index is 270. The van der Waals surface area contributed by atoms with E-state index in [4.69, 9.17) is 14.2 Å². The maximum Gasteiger partial charge on any atom is 0.166 e. The van der Waals surface area contributed by atoms with Gasteiger partial charge in [0.2, 0.25) is 0 Å². The van der Waals surface area contributed by atoms with E-state index in [1.807, 2.05) is 6.92 Å². The molecule has 0 saturated carbocycles. The summed E-state index contributed by atoms with van der Waals surface area (Å²) in [7, 11) is 0. The van der Waals surface area contributed by atoms with Crippen LogP contribution in [-0.4, -0.2) is 53.6 Å². The zero-order valence-electron chi connectivity index (χ0n) is 10.6. The molecule has 2 rings (SSSR count). The Morgan fingerprint density at radius 3 is 2.53 bits per heavy atom. The Morgan fingerprint density at radius 1 is 1.29 bits per heavy atom. The maximum atomic E-state index is 9.76. The van der Waals surface area contributed by atoms with Gasteiger partial charge in [0.15, 0.2) is 5.79 Å². The van der Waals surface area contributed by atoms with Crippen LogP contribution in [0.1, 0.15) is 27.2 Å². The molecule has 2 heterocycles. The van der Waals surface area contributed by atoms with Crippen molar-refractivity contribution in [3.05, 3.63) is 0 Å². The highest BCUT2D eigenvalue weighted by atomic mass is 16.8. The lowest BCUT2D eigenvalue weighted by Crippen LogP contribution is -2.41. The van der Waals surface area contributed by atoms with Gasteiger partial charge in [0.1, 0.15) is 24.4 Å². The van der Waals surface area contributed by atoms with Gasteiger partial charge in [0.05, 0.1) is 13.2 Å². The van der Waals surface area contributed by atoms with Gasteiger partial charge < -0.3 is 24.4 Å². The summed E-state index contributed by atoms with van der Waals surface area (Å²) in [6, 6.07) is 0. The predicted octanol–water partition coefficient (Wildman–Crippen LogP) is 0.285. The van der Waals surface area contributed by atoms with E-state index in [1.54, 1.807) is 0 Å². The lowest BCUT2D eigenvalue weighted by Gasteiger charge is -2.27. The van der Waals surface area contributed by atoms with Crippen LogP contribution in [0.4, 0.5) is 0 Å². The van der Waals surface area contributed by atoms with Crippen LogP contribution in [0, 0.1) is 5.92 Å². The molecule has 0 bridgehead atoms. The molecule has 2 N–H and O–H groups in total. The summed E-state index contributed by atoms with van der Waals surface area (Å²) in [6.07, 6.45) is -1.69. The number of aliphatic hydroxyl groups excluding tert-OH is 2. The molecule has 100 valence electrons. The van der Waals surface area contributed by atoms with Crippen molar-refractivity contribution in [2.24, 2.45) is 5.92 Å². The van der Waals surface area contributed by atoms with Gasteiger partial charge in [-0.2, -0.15) is 0 Å². The van der Waals surface area contributed by atoms with Gasteiger partial charge in [-0.05, 0) is 12.8 Å². The van der Waals surface area contributed by atoms with Gasteiger partial charge in [-0.3, -0.25) is 0 Å². The molecule has 0 amide bonds. The predicted molar refractivity (Wildman–Crippen MR) is 60.4 cm³/mol. The van der Waals surface area contributed by atoms with Crippen molar-refractivity contribution >= 4 is 0 Å². The monoisotopic (exact) mass is 246 g/mol. The molecule has 5 nitrogen and oxygen atoms in total. The van der Waals surface area contributed by atoms with Gasteiger partial charge in [0.25, 0.3) is 0 Å². The van der Waals surface area contributed by atoms with E-state index in [0.717, 1.165) is 6.42 Å². The van der Waals surface area contributed by atoms with Crippen molar-refractivity contribution in [3.8, 4) is 0 Å². The molecular weight excluding hydrogens is 224 g/mol. The summed E-state index contributed by atoms with van der Waals surface area (Å²) in [5.41, 5.74) is 0. The van der Waals surface area contributed by atoms with Crippen LogP contribution in [0.25, 0.3) is 0 Å². The molecule has 0 aromatic rings. The molecule has 2 saturated heterocycles. The topological polar surface area (TPSA) is 68.2 Å². The summed E-state index contributed by atoms with van der Waals surface area (Å²) in [4.78, 5) is 0. The highest BCUT2D eigenvalue weighted by Crippen LogP contribution is 2.33. The average Bonchev–Trinajstić information content (AvgIpc) is 2.72. The van der Waals surface area contributed by atoms with Crippen LogP contribution in [-0.2, 0) is 14.2 Å². The van der Waals surface area contributed by atoms with Crippen molar-refractivity contribution in [3.63, 3.8) is 0 Å². The number of hydrogen-bond donors (Lipinski definition) is 2. The van der Waals surface area contributed by atoms with Crippen LogP contribution in [0.5, 0.6) is 0 Å². The van der Waals surface area contributed by atoms with Crippen molar-refractivity contribution in [1.82, 2.24) is 0 Å². The molecule has 2 fully saturated rings. The Balaban J connectivity index is 1.93. The van der Waals surface area contributed by atoms with E-state index in [2.05, 4.69) is 13.8 Å². The highest BCUT2D eigenvalue weighted by Gasteiger charge is 2.47. The number of aliphatic hydroxyl groups is 2. The standard InChI is InChI=1S/C12H22O5/c1-7(2)4-12(3)16-6-9(17-12)11-10(14)8(13)5-15-11/h7-11,13-14H,4-6H2,1-3H3. The first kappa shape index (κ1) is 13.2. The Labute approximate surface area is 102 Å². The Kier molecular flexibility index (Phi) is 3.75. The first-order valence-corrected chi connectivity index (χ1v) is 6.21. The van der Waals surface area contributed by atoms with Crippen LogP contribution in [0.3, 0.4) is 0 Å². The molecule has 5 unspecified atom stereocenters. The highest BCUT2D eigenvalue weighted by molar-refractivity contribution is 4.92. The summed E-state index contributed by atoms with van der Waals surface area (Å²) in [5, 5.41) is 19.2. The zero-order chi connectivity index (χ0) is 12.6. The summed E-state index contributed by atoms with van der Waals surface area (Å²) in [5.74, 6) is -0.131. The third kappa shape index (κ3) is 2.80. The van der Waals surface area contributed by atoms with Gasteiger partial charge in [0, 0.05) is 6.42 Å². The normalized spacial score (nSPS) is 46.9. The molecule has 2 aliphatic rings. The smallest absolute Gasteiger partial charge is 0.166 e. The second-order valence-electron chi connectivity index (χ2n) is 5.55. The first-order valence-electron chi connectivity index (χ1n) is 6.21. The molecule has 5 atom stereocenters. The first-order chi connectivity index (χ1) is 7.91. The van der Waals surface area contributed by atoms with E-state index < -0.39 is 24.1 Å². The van der Waals surface area contributed by atoms with Gasteiger partial charge >= 0.3 is 0 Å². The molecule has 0 spiro atoms. The van der Waals surface area contributed by atoms with Crippen molar-refractivity contribution in [1.29, 1.82) is 0 Å². The third-order valence-corrected chi connectivity index (χ3v) is 3.29. The molecule has 0 aromatic heterocycles. The minimum atomic E-state index is -0.884. The number of hydrogen-bond acceptors (Lipinski definition) is 5. The van der Waals surface area contributed by atoms with E-state index in [0.29, 0.717) is 12.5 Å². The van der Waals surface area contributed by atoms with Crippen LogP contribution < -0.4 is 0 Å². The molecule has 0 aromatic carbocycles. The summed E-state index contributed by atoms with van der Waals surface area (Å²) in [6.45, 7) is 6.68. The van der Waals surface area contributed by atoms with Crippen LogP contribution in [0.15, 0.2) is 0 Å². The largest absolute Gasteiger partial charge is 0.388 e. The van der Waals surface area contributed by atoms with Crippen molar-refractivity contribution in [2.45, 2.75) is 57.4 Å². The van der Waals surface area contributed by atoms with Gasteiger partial charge in [-0.25, -0.2) is 0 Å². The van der Waals surface area contributed by atoms with Crippen LogP contribution >= 0.6 is 0 Å². The molecule has 2 aliphatic heterocycles. The van der Waals surface area contributed by atoms with Gasteiger partial charge in [-0.1, -0.05) is 13.8 Å². The molecular formula is C12H22O5. The Hall–Kier alpha value is -0.200. The fourth-order valence-corrected chi connectivity index (χ4v) is 2.61. The second kappa shape index (κ2) is 4.82. The SMILES string of the molecule is CC(C)CC1(C)OCC(C2OCC(O)C2O)O1. The molecule has 5 heteroatoms. The summed E-state index contributed by atoms with van der Waals surface area (Å²) < 4.78 is 16.9. The Morgan fingerprint density at radius 2 is 2.00 bits per heavy atom. The quantitative estimate of drug-likeness (QED) is 0.749. The minimum absolute atomic E-state index is 0.159. The van der Waals surface area contributed by atoms with E-state index >= 15 is 0 Å². The average molecular weight is 246 g/mol. The number of ether oxygens (including phenoxy) is 3. The van der Waals surface area contributed by atoms with Crippen molar-refractivity contribution in [2.75, 3.05) is 13.2 Å². The summed E-state index contributed by atoms with van der Waals surface area (Å²) >= 11 is 0. The lowest BCUT2D eigenvalue weighted by molar-refractivity contribution is -0.179. The van der Waals surface area contributed by atoms with Gasteiger partial charge in [-0.15, -0.1) is 0 Å². The van der Waals surface area contributed by atoms with E-state index in [-0.39, 0.29) is 12.7 Å². The lowest BCUT2D eigenvalue weighted by atomic mass is 10.0. The fraction of sp³-hybridized carbons (Fsp3) is 1.00. The van der Waals surface area contributed by atoms with E-state index in [9.17, 15) is 10.2 Å². The van der Waals surface area contributed by atoms with E-state index in [1.165, 1.54) is 0 Å². The minimum Gasteiger partial charge on any atom is -0.388 e. The molecule has 17 heavy (non-hydrogen) atoms. The maximum absolute atomic E-state index is 9.76.